The van der Waals surface area contributed by atoms with E-state index in [4.69, 9.17) is 16.7 Å². The molecule has 2 N–H and O–H groups in total. The quantitative estimate of drug-likeness (QED) is 0.732. The number of nitrogens with one attached hydrogen (secondary N) is 1. The normalized spacial score (nSPS) is 12.8. The maximum absolute atomic E-state index is 9.01. The molecule has 14 heavy (non-hydrogen) atoms. The van der Waals surface area contributed by atoms with Crippen LogP contribution in [0.4, 0.5) is 0 Å². The summed E-state index contributed by atoms with van der Waals surface area (Å²) >= 11 is 5.77. The van der Waals surface area contributed by atoms with E-state index < -0.39 is 0 Å². The van der Waals surface area contributed by atoms with Gasteiger partial charge < -0.3 is 10.4 Å². The van der Waals surface area contributed by atoms with Crippen LogP contribution in [0.5, 0.6) is 0 Å². The molecule has 0 saturated heterocycles. The molecule has 1 atom stereocenters. The summed E-state index contributed by atoms with van der Waals surface area (Å²) in [5.41, 5.74) is 1.26. The predicted molar refractivity (Wildman–Crippen MR) is 59.7 cm³/mol. The molecule has 1 aromatic rings. The van der Waals surface area contributed by atoms with Gasteiger partial charge in [-0.05, 0) is 37.6 Å². The fraction of sp³-hybridized carbons (Fsp3) is 0.455. The van der Waals surface area contributed by atoms with Crippen molar-refractivity contribution >= 4 is 11.6 Å². The van der Waals surface area contributed by atoms with Crippen LogP contribution >= 0.6 is 11.6 Å². The first-order valence-corrected chi connectivity index (χ1v) is 5.19. The van der Waals surface area contributed by atoms with Gasteiger partial charge in [-0.3, -0.25) is 0 Å². The highest BCUT2D eigenvalue weighted by Crippen LogP contribution is 2.09. The van der Waals surface area contributed by atoms with Gasteiger partial charge in [-0.2, -0.15) is 0 Å². The molecule has 2 nitrogen and oxygen atoms in total. The van der Waals surface area contributed by atoms with Crippen molar-refractivity contribution in [3.63, 3.8) is 0 Å². The molecular weight excluding hydrogens is 198 g/mol. The molecule has 0 aromatic heterocycles. The summed E-state index contributed by atoms with van der Waals surface area (Å²) in [4.78, 5) is 0. The van der Waals surface area contributed by atoms with Crippen molar-refractivity contribution in [2.24, 2.45) is 0 Å². The Kier molecular flexibility index (Phi) is 4.94. The monoisotopic (exact) mass is 213 g/mol. The largest absolute Gasteiger partial charge is 0.392 e. The summed E-state index contributed by atoms with van der Waals surface area (Å²) in [6, 6.07) is 7.83. The molecule has 0 spiro atoms. The summed E-state index contributed by atoms with van der Waals surface area (Å²) < 4.78 is 0. The zero-order valence-corrected chi connectivity index (χ0v) is 9.09. The van der Waals surface area contributed by atoms with Crippen molar-refractivity contribution in [1.82, 2.24) is 5.32 Å². The Morgan fingerprint density at radius 3 is 2.57 bits per heavy atom. The minimum Gasteiger partial charge on any atom is -0.392 e. The third-order valence-electron chi connectivity index (χ3n) is 1.94. The van der Waals surface area contributed by atoms with Crippen molar-refractivity contribution in [3.05, 3.63) is 34.9 Å². The van der Waals surface area contributed by atoms with Crippen molar-refractivity contribution in [2.45, 2.75) is 19.4 Å². The van der Waals surface area contributed by atoms with E-state index in [2.05, 4.69) is 5.32 Å². The zero-order valence-electron chi connectivity index (χ0n) is 8.33. The Hall–Kier alpha value is -0.570. The minimum atomic E-state index is -0.278. The Bertz CT molecular complexity index is 258. The molecule has 78 valence electrons. The molecule has 0 aliphatic heterocycles. The Morgan fingerprint density at radius 1 is 1.36 bits per heavy atom. The molecule has 0 saturated carbocycles. The van der Waals surface area contributed by atoms with Gasteiger partial charge in [-0.1, -0.05) is 23.7 Å². The van der Waals surface area contributed by atoms with Gasteiger partial charge >= 0.3 is 0 Å². The Labute approximate surface area is 89.9 Å². The van der Waals surface area contributed by atoms with E-state index in [0.717, 1.165) is 18.0 Å². The van der Waals surface area contributed by atoms with Crippen LogP contribution in [0.2, 0.25) is 5.02 Å². The number of rotatable bonds is 5. The van der Waals surface area contributed by atoms with E-state index in [-0.39, 0.29) is 6.10 Å². The maximum Gasteiger partial charge on any atom is 0.0636 e. The van der Waals surface area contributed by atoms with Crippen LogP contribution in [0.25, 0.3) is 0 Å². The summed E-state index contributed by atoms with van der Waals surface area (Å²) in [6.45, 7) is 3.30. The van der Waals surface area contributed by atoms with Gasteiger partial charge in [-0.15, -0.1) is 0 Å². The van der Waals surface area contributed by atoms with Crippen LogP contribution in [0.3, 0.4) is 0 Å². The van der Waals surface area contributed by atoms with Gasteiger partial charge in [0.15, 0.2) is 0 Å². The molecular formula is C11H16ClNO. The molecule has 0 radical (unpaired) electrons. The van der Waals surface area contributed by atoms with Crippen LogP contribution in [0.1, 0.15) is 12.5 Å². The first-order chi connectivity index (χ1) is 6.68. The molecule has 0 aliphatic rings. The second-order valence-corrected chi connectivity index (χ2v) is 3.87. The van der Waals surface area contributed by atoms with Crippen LogP contribution in [0.15, 0.2) is 24.3 Å². The van der Waals surface area contributed by atoms with E-state index in [1.165, 1.54) is 5.56 Å². The minimum absolute atomic E-state index is 0.278. The average Bonchev–Trinajstić information content (AvgIpc) is 2.15. The molecule has 1 aromatic carbocycles. The van der Waals surface area contributed by atoms with E-state index in [0.29, 0.717) is 6.54 Å². The summed E-state index contributed by atoms with van der Waals surface area (Å²) in [7, 11) is 0. The highest BCUT2D eigenvalue weighted by molar-refractivity contribution is 6.30. The predicted octanol–water partition coefficient (Wildman–Crippen LogP) is 1.85. The van der Waals surface area contributed by atoms with E-state index >= 15 is 0 Å². The summed E-state index contributed by atoms with van der Waals surface area (Å²) in [5.74, 6) is 0. The van der Waals surface area contributed by atoms with Crippen LogP contribution < -0.4 is 5.32 Å². The average molecular weight is 214 g/mol. The Morgan fingerprint density at radius 2 is 2.00 bits per heavy atom. The molecule has 0 aliphatic carbocycles. The molecule has 1 rings (SSSR count). The second kappa shape index (κ2) is 6.02. The third kappa shape index (κ3) is 4.61. The second-order valence-electron chi connectivity index (χ2n) is 3.43. The fourth-order valence-electron chi connectivity index (χ4n) is 1.19. The van der Waals surface area contributed by atoms with E-state index in [1.54, 1.807) is 6.92 Å². The Balaban J connectivity index is 2.21. The van der Waals surface area contributed by atoms with Crippen LogP contribution in [0, 0.1) is 0 Å². The lowest BCUT2D eigenvalue weighted by atomic mass is 10.1. The van der Waals surface area contributed by atoms with Gasteiger partial charge in [0, 0.05) is 11.6 Å². The van der Waals surface area contributed by atoms with Gasteiger partial charge in [-0.25, -0.2) is 0 Å². The standard InChI is InChI=1S/C11H16ClNO/c1-9(14)8-13-7-6-10-2-4-11(12)5-3-10/h2-5,9,13-14H,6-8H2,1H3/t9-/m1/s1. The van der Waals surface area contributed by atoms with Crippen LogP contribution in [-0.4, -0.2) is 24.3 Å². The van der Waals surface area contributed by atoms with Gasteiger partial charge in [0.25, 0.3) is 0 Å². The van der Waals surface area contributed by atoms with Gasteiger partial charge in [0.05, 0.1) is 6.10 Å². The number of benzene rings is 1. The smallest absolute Gasteiger partial charge is 0.0636 e. The van der Waals surface area contributed by atoms with Crippen molar-refractivity contribution in [1.29, 1.82) is 0 Å². The molecule has 0 bridgehead atoms. The van der Waals surface area contributed by atoms with Gasteiger partial charge in [0.1, 0.15) is 0 Å². The lowest BCUT2D eigenvalue weighted by Crippen LogP contribution is -2.26. The number of aliphatic hydroxyl groups is 1. The maximum atomic E-state index is 9.01. The zero-order chi connectivity index (χ0) is 10.4. The highest BCUT2D eigenvalue weighted by Gasteiger charge is 1.95. The molecule has 0 fully saturated rings. The first-order valence-electron chi connectivity index (χ1n) is 4.81. The lowest BCUT2D eigenvalue weighted by Gasteiger charge is -2.06. The highest BCUT2D eigenvalue weighted by atomic mass is 35.5. The lowest BCUT2D eigenvalue weighted by molar-refractivity contribution is 0.191. The summed E-state index contributed by atoms with van der Waals surface area (Å²) in [6.07, 6.45) is 0.685. The van der Waals surface area contributed by atoms with Crippen molar-refractivity contribution in [2.75, 3.05) is 13.1 Å². The number of aliphatic hydroxyl groups excluding tert-OH is 1. The van der Waals surface area contributed by atoms with Crippen molar-refractivity contribution < 1.29 is 5.11 Å². The SMILES string of the molecule is C[C@@H](O)CNCCc1ccc(Cl)cc1. The number of hydrogen-bond donors (Lipinski definition) is 2. The number of halogens is 1. The summed E-state index contributed by atoms with van der Waals surface area (Å²) in [5, 5.41) is 12.9. The van der Waals surface area contributed by atoms with Crippen LogP contribution in [-0.2, 0) is 6.42 Å². The third-order valence-corrected chi connectivity index (χ3v) is 2.20. The number of hydrogen-bond acceptors (Lipinski definition) is 2. The van der Waals surface area contributed by atoms with Gasteiger partial charge in [0.2, 0.25) is 0 Å². The molecule has 0 unspecified atom stereocenters. The molecule has 0 amide bonds. The molecule has 3 heteroatoms. The molecule has 0 heterocycles. The van der Waals surface area contributed by atoms with Crippen molar-refractivity contribution in [3.8, 4) is 0 Å². The van der Waals surface area contributed by atoms with E-state index in [9.17, 15) is 0 Å². The first kappa shape index (κ1) is 11.5. The fourth-order valence-corrected chi connectivity index (χ4v) is 1.32. The topological polar surface area (TPSA) is 32.3 Å². The van der Waals surface area contributed by atoms with E-state index in [1.807, 2.05) is 24.3 Å².